The number of hydrogen-bond donors (Lipinski definition) is 1. The van der Waals surface area contributed by atoms with E-state index in [0.717, 1.165) is 42.9 Å². The zero-order valence-corrected chi connectivity index (χ0v) is 17.3. The van der Waals surface area contributed by atoms with Crippen LogP contribution in [0.2, 0.25) is 0 Å². The average molecular weight is 394 g/mol. The minimum atomic E-state index is -1.08. The van der Waals surface area contributed by atoms with E-state index in [-0.39, 0.29) is 0 Å². The molecule has 5 nitrogen and oxygen atoms in total. The molecule has 1 atom stereocenters. The Balaban J connectivity index is 1.62. The summed E-state index contributed by atoms with van der Waals surface area (Å²) in [5, 5.41) is 12.0. The van der Waals surface area contributed by atoms with Gasteiger partial charge in [0.15, 0.2) is 18.0 Å². The molecule has 0 saturated heterocycles. The first-order valence-corrected chi connectivity index (χ1v) is 10.7. The van der Waals surface area contributed by atoms with E-state index in [1.54, 1.807) is 0 Å². The molecule has 3 heterocycles. The molecule has 5 heteroatoms. The molecule has 0 fully saturated rings. The van der Waals surface area contributed by atoms with Crippen molar-refractivity contribution < 1.29 is 19.2 Å². The normalized spacial score (nSPS) is 23.8. The van der Waals surface area contributed by atoms with Gasteiger partial charge in [-0.25, -0.2) is 9.48 Å². The Hall–Kier alpha value is -2.53. The largest absolute Gasteiger partial charge is 0.486 e. The second kappa shape index (κ2) is 7.06. The van der Waals surface area contributed by atoms with E-state index in [4.69, 9.17) is 9.47 Å². The molecule has 152 valence electrons. The van der Waals surface area contributed by atoms with Gasteiger partial charge in [-0.3, -0.25) is 0 Å². The highest BCUT2D eigenvalue weighted by Gasteiger charge is 2.52. The molecule has 0 amide bonds. The maximum Gasteiger partial charge on any atom is 0.271 e. The van der Waals surface area contributed by atoms with Crippen LogP contribution in [0.5, 0.6) is 11.5 Å². The number of benzene rings is 2. The standard InChI is InChI=1S/C24H29N2O3/c1-17-7-6-8-20(18(17)2)25-16-24(27,26-12-5-3-4-9-23(25)26)19-10-11-21-22(15-19)29-14-13-28-21/h6-8,10-11,15,27H,3-5,9,12-14,16H2,1-2H3/q+1/t24-/m1/s1. The summed E-state index contributed by atoms with van der Waals surface area (Å²) >= 11 is 0. The van der Waals surface area contributed by atoms with E-state index >= 15 is 0 Å². The number of nitrogens with zero attached hydrogens (tertiary/aromatic N) is 2. The molecule has 0 saturated carbocycles. The Morgan fingerprint density at radius 3 is 2.69 bits per heavy atom. The third kappa shape index (κ3) is 2.99. The van der Waals surface area contributed by atoms with Gasteiger partial charge in [0.1, 0.15) is 18.9 Å². The number of aryl methyl sites for hydroxylation is 1. The number of aliphatic hydroxyl groups is 1. The summed E-state index contributed by atoms with van der Waals surface area (Å²) in [6.45, 7) is 6.82. The van der Waals surface area contributed by atoms with Crippen molar-refractivity contribution in [1.82, 2.24) is 0 Å². The molecule has 0 aromatic heterocycles. The van der Waals surface area contributed by atoms with E-state index < -0.39 is 5.72 Å². The molecule has 0 radical (unpaired) electrons. The third-order valence-corrected chi connectivity index (χ3v) is 6.60. The van der Waals surface area contributed by atoms with Crippen molar-refractivity contribution in [3.05, 3.63) is 53.1 Å². The minimum Gasteiger partial charge on any atom is -0.486 e. The summed E-state index contributed by atoms with van der Waals surface area (Å²) in [6.07, 6.45) is 4.43. The van der Waals surface area contributed by atoms with Crippen molar-refractivity contribution >= 4 is 11.5 Å². The lowest BCUT2D eigenvalue weighted by Gasteiger charge is -2.26. The fourth-order valence-electron chi connectivity index (χ4n) is 4.86. The van der Waals surface area contributed by atoms with Gasteiger partial charge >= 0.3 is 0 Å². The number of ether oxygens (including phenoxy) is 2. The number of β-amino-alcohol motifs (C(OH)–C–C–N with tert-alkyl or cyclic N) is 1. The lowest BCUT2D eigenvalue weighted by Crippen LogP contribution is -2.41. The fraction of sp³-hybridized carbons (Fsp3) is 0.458. The number of amidine groups is 1. The Kier molecular flexibility index (Phi) is 4.50. The molecule has 3 aliphatic heterocycles. The first-order valence-electron chi connectivity index (χ1n) is 10.7. The molecule has 0 bridgehead atoms. The second-order valence-electron chi connectivity index (χ2n) is 8.36. The van der Waals surface area contributed by atoms with Crippen LogP contribution in [-0.2, 0) is 5.72 Å². The molecule has 2 aromatic carbocycles. The molecule has 0 spiro atoms. The number of fused-ring (bicyclic) bond motifs is 1. The molecule has 2 aromatic rings. The van der Waals surface area contributed by atoms with Crippen molar-refractivity contribution in [3.8, 4) is 11.5 Å². The van der Waals surface area contributed by atoms with Gasteiger partial charge in [-0.2, -0.15) is 0 Å². The molecular formula is C24H29N2O3+. The molecule has 0 aliphatic carbocycles. The van der Waals surface area contributed by atoms with Crippen LogP contribution in [-0.4, -0.2) is 41.8 Å². The van der Waals surface area contributed by atoms with Crippen molar-refractivity contribution in [2.24, 2.45) is 0 Å². The third-order valence-electron chi connectivity index (χ3n) is 6.60. The van der Waals surface area contributed by atoms with Crippen LogP contribution in [0.4, 0.5) is 5.69 Å². The minimum absolute atomic E-state index is 0.520. The first-order chi connectivity index (χ1) is 14.1. The molecule has 3 aliphatic rings. The maximum absolute atomic E-state index is 12.0. The van der Waals surface area contributed by atoms with Crippen LogP contribution in [0.25, 0.3) is 0 Å². The molecule has 5 rings (SSSR count). The summed E-state index contributed by atoms with van der Waals surface area (Å²) in [6, 6.07) is 12.3. The van der Waals surface area contributed by atoms with E-state index in [1.165, 1.54) is 29.1 Å². The molecule has 1 N–H and O–H groups in total. The molecule has 0 unspecified atom stereocenters. The molecular weight excluding hydrogens is 364 g/mol. The van der Waals surface area contributed by atoms with Crippen molar-refractivity contribution in [2.45, 2.75) is 45.3 Å². The number of rotatable bonds is 2. The summed E-state index contributed by atoms with van der Waals surface area (Å²) < 4.78 is 13.7. The summed E-state index contributed by atoms with van der Waals surface area (Å²) in [7, 11) is 0. The lowest BCUT2D eigenvalue weighted by molar-refractivity contribution is -0.658. The highest BCUT2D eigenvalue weighted by Crippen LogP contribution is 2.40. The second-order valence-corrected chi connectivity index (χ2v) is 8.36. The van der Waals surface area contributed by atoms with Crippen LogP contribution in [0.1, 0.15) is 42.4 Å². The van der Waals surface area contributed by atoms with Gasteiger partial charge < -0.3 is 14.6 Å². The summed E-state index contributed by atoms with van der Waals surface area (Å²) in [5.41, 5.74) is 3.54. The summed E-state index contributed by atoms with van der Waals surface area (Å²) in [5.74, 6) is 2.71. The highest BCUT2D eigenvalue weighted by atomic mass is 16.6. The topological polar surface area (TPSA) is 44.9 Å². The Morgan fingerprint density at radius 1 is 1.00 bits per heavy atom. The predicted octanol–water partition coefficient (Wildman–Crippen LogP) is 3.72. The van der Waals surface area contributed by atoms with Gasteiger partial charge in [0.25, 0.3) is 11.6 Å². The SMILES string of the molecule is Cc1cccc(N2C[C@@](O)(c3ccc4c(c3)OCCO4)[N+]3=C2CCCCC3)c1C. The summed E-state index contributed by atoms with van der Waals surface area (Å²) in [4.78, 5) is 2.34. The van der Waals surface area contributed by atoms with Crippen LogP contribution in [0, 0.1) is 13.8 Å². The quantitative estimate of drug-likeness (QED) is 0.790. The van der Waals surface area contributed by atoms with E-state index in [2.05, 4.69) is 41.5 Å². The first kappa shape index (κ1) is 18.5. The number of hydrogen-bond acceptors (Lipinski definition) is 4. The Labute approximate surface area is 172 Å². The van der Waals surface area contributed by atoms with E-state index in [9.17, 15) is 5.11 Å². The monoisotopic (exact) mass is 393 g/mol. The number of anilines is 1. The predicted molar refractivity (Wildman–Crippen MR) is 113 cm³/mol. The average Bonchev–Trinajstić information content (AvgIpc) is 2.88. The van der Waals surface area contributed by atoms with Crippen molar-refractivity contribution in [3.63, 3.8) is 0 Å². The van der Waals surface area contributed by atoms with Crippen LogP contribution in [0.3, 0.4) is 0 Å². The van der Waals surface area contributed by atoms with Crippen LogP contribution in [0.15, 0.2) is 36.4 Å². The zero-order chi connectivity index (χ0) is 20.0. The van der Waals surface area contributed by atoms with Gasteiger partial charge in [0, 0.05) is 12.0 Å². The highest BCUT2D eigenvalue weighted by molar-refractivity contribution is 5.96. The van der Waals surface area contributed by atoms with E-state index in [1.807, 2.05) is 18.2 Å². The molecule has 29 heavy (non-hydrogen) atoms. The Bertz CT molecular complexity index is 984. The maximum atomic E-state index is 12.0. The van der Waals surface area contributed by atoms with Crippen LogP contribution < -0.4 is 14.4 Å². The van der Waals surface area contributed by atoms with Crippen molar-refractivity contribution in [2.75, 3.05) is 31.2 Å². The smallest absolute Gasteiger partial charge is 0.271 e. The van der Waals surface area contributed by atoms with Gasteiger partial charge in [-0.05, 0) is 68.5 Å². The van der Waals surface area contributed by atoms with Gasteiger partial charge in [-0.1, -0.05) is 12.1 Å². The van der Waals surface area contributed by atoms with Crippen LogP contribution >= 0.6 is 0 Å². The zero-order valence-electron chi connectivity index (χ0n) is 17.3. The van der Waals surface area contributed by atoms with Crippen molar-refractivity contribution in [1.29, 1.82) is 0 Å². The van der Waals surface area contributed by atoms with Gasteiger partial charge in [-0.15, -0.1) is 0 Å². The van der Waals surface area contributed by atoms with Gasteiger partial charge in [0.05, 0.1) is 6.54 Å². The fourth-order valence-corrected chi connectivity index (χ4v) is 4.86. The van der Waals surface area contributed by atoms with E-state index in [0.29, 0.717) is 19.8 Å². The van der Waals surface area contributed by atoms with Gasteiger partial charge in [0.2, 0.25) is 0 Å². The lowest BCUT2D eigenvalue weighted by atomic mass is 10.00. The Morgan fingerprint density at radius 2 is 1.83 bits per heavy atom.